The maximum absolute atomic E-state index is 13.2. The van der Waals surface area contributed by atoms with Gasteiger partial charge in [-0.25, -0.2) is 0 Å². The molecule has 0 aliphatic carbocycles. The molecule has 1 aliphatic rings. The van der Waals surface area contributed by atoms with Crippen molar-refractivity contribution in [1.82, 2.24) is 4.90 Å². The minimum absolute atomic E-state index is 0.0589. The Bertz CT molecular complexity index is 1170. The second-order valence-corrected chi connectivity index (χ2v) is 8.97. The molecular weight excluding hydrogens is 438 g/mol. The Balaban J connectivity index is 1.68. The minimum Gasteiger partial charge on any atom is -0.494 e. The number of hydrogen-bond acceptors (Lipinski definition) is 5. The van der Waals surface area contributed by atoms with Gasteiger partial charge < -0.3 is 9.47 Å². The highest BCUT2D eigenvalue weighted by Gasteiger charge is 2.32. The van der Waals surface area contributed by atoms with Crippen LogP contribution in [0.25, 0.3) is 16.8 Å². The van der Waals surface area contributed by atoms with Crippen LogP contribution in [0.3, 0.4) is 0 Å². The zero-order valence-electron chi connectivity index (χ0n) is 18.2. The first-order valence-corrected chi connectivity index (χ1v) is 11.9. The first kappa shape index (κ1) is 22.4. The van der Waals surface area contributed by atoms with Crippen molar-refractivity contribution < 1.29 is 14.3 Å². The van der Waals surface area contributed by atoms with Gasteiger partial charge in [-0.15, -0.1) is 0 Å². The fourth-order valence-corrected chi connectivity index (χ4v) is 4.99. The van der Waals surface area contributed by atoms with Gasteiger partial charge in [-0.2, -0.15) is 0 Å². The standard InChI is InChI=1S/C26H25NO3S2/c1-3-29-20-12-10-19-11-13-23(30-4-2)22(21(19)16-20)17-24-25(28)27(26(31)32-24)15-14-18-8-6-5-7-9-18/h5-13,16-17H,3-4,14-15H2,1-2H3. The van der Waals surface area contributed by atoms with Crippen LogP contribution in [0.5, 0.6) is 11.5 Å². The molecule has 6 heteroatoms. The van der Waals surface area contributed by atoms with Crippen LogP contribution in [0.2, 0.25) is 0 Å². The van der Waals surface area contributed by atoms with Crippen molar-refractivity contribution in [1.29, 1.82) is 0 Å². The first-order valence-electron chi connectivity index (χ1n) is 10.7. The number of thiocarbonyl (C=S) groups is 1. The molecule has 0 bridgehead atoms. The molecule has 4 rings (SSSR count). The van der Waals surface area contributed by atoms with E-state index in [0.29, 0.717) is 29.0 Å². The van der Waals surface area contributed by atoms with Crippen LogP contribution in [-0.2, 0) is 11.2 Å². The van der Waals surface area contributed by atoms with Crippen LogP contribution in [0.15, 0.2) is 65.6 Å². The van der Waals surface area contributed by atoms with Crippen LogP contribution in [0.4, 0.5) is 0 Å². The molecule has 3 aromatic rings. The molecule has 0 atom stereocenters. The number of benzene rings is 3. The maximum Gasteiger partial charge on any atom is 0.266 e. The van der Waals surface area contributed by atoms with E-state index in [0.717, 1.165) is 34.3 Å². The van der Waals surface area contributed by atoms with Gasteiger partial charge >= 0.3 is 0 Å². The average molecular weight is 464 g/mol. The third-order valence-electron chi connectivity index (χ3n) is 5.22. The maximum atomic E-state index is 13.2. The molecule has 1 fully saturated rings. The summed E-state index contributed by atoms with van der Waals surface area (Å²) < 4.78 is 12.2. The summed E-state index contributed by atoms with van der Waals surface area (Å²) in [6.45, 7) is 5.60. The quantitative estimate of drug-likeness (QED) is 0.299. The Labute approximate surface area is 198 Å². The summed E-state index contributed by atoms with van der Waals surface area (Å²) in [6, 6.07) is 20.1. The van der Waals surface area contributed by atoms with Crippen LogP contribution in [-0.4, -0.2) is 34.9 Å². The van der Waals surface area contributed by atoms with E-state index in [1.54, 1.807) is 4.90 Å². The lowest BCUT2D eigenvalue weighted by molar-refractivity contribution is -0.122. The van der Waals surface area contributed by atoms with Crippen molar-refractivity contribution in [2.24, 2.45) is 0 Å². The predicted molar refractivity (Wildman–Crippen MR) is 136 cm³/mol. The van der Waals surface area contributed by atoms with Crippen LogP contribution in [0.1, 0.15) is 25.0 Å². The van der Waals surface area contributed by atoms with E-state index < -0.39 is 0 Å². The van der Waals surface area contributed by atoms with Gasteiger partial charge in [-0.1, -0.05) is 66.4 Å². The van der Waals surface area contributed by atoms with Crippen molar-refractivity contribution in [2.45, 2.75) is 20.3 Å². The van der Waals surface area contributed by atoms with E-state index in [9.17, 15) is 4.79 Å². The number of carbonyl (C=O) groups is 1. The number of amides is 1. The van der Waals surface area contributed by atoms with Gasteiger partial charge in [0.15, 0.2) is 0 Å². The number of hydrogen-bond donors (Lipinski definition) is 0. The van der Waals surface area contributed by atoms with Crippen LogP contribution < -0.4 is 9.47 Å². The molecule has 1 aliphatic heterocycles. The largest absolute Gasteiger partial charge is 0.494 e. The molecule has 0 radical (unpaired) electrons. The summed E-state index contributed by atoms with van der Waals surface area (Å²) >= 11 is 6.88. The van der Waals surface area contributed by atoms with Crippen molar-refractivity contribution in [3.05, 3.63) is 76.7 Å². The summed E-state index contributed by atoms with van der Waals surface area (Å²) in [5.74, 6) is 1.47. The monoisotopic (exact) mass is 463 g/mol. The molecule has 0 aromatic heterocycles. The van der Waals surface area contributed by atoms with Gasteiger partial charge in [0.2, 0.25) is 0 Å². The minimum atomic E-state index is -0.0589. The number of carbonyl (C=O) groups excluding carboxylic acids is 1. The first-order chi connectivity index (χ1) is 15.6. The smallest absolute Gasteiger partial charge is 0.266 e. The Kier molecular flexibility index (Phi) is 7.12. The van der Waals surface area contributed by atoms with E-state index in [2.05, 4.69) is 12.1 Å². The number of fused-ring (bicyclic) bond motifs is 1. The van der Waals surface area contributed by atoms with Gasteiger partial charge in [-0.05, 0) is 60.9 Å². The van der Waals surface area contributed by atoms with E-state index in [1.165, 1.54) is 17.3 Å². The van der Waals surface area contributed by atoms with Crippen molar-refractivity contribution in [2.75, 3.05) is 19.8 Å². The van der Waals surface area contributed by atoms with E-state index in [1.807, 2.05) is 68.5 Å². The Morgan fingerprint density at radius 2 is 1.75 bits per heavy atom. The molecule has 0 spiro atoms. The summed E-state index contributed by atoms with van der Waals surface area (Å²) in [4.78, 5) is 15.5. The van der Waals surface area contributed by atoms with Gasteiger partial charge in [0.25, 0.3) is 5.91 Å². The van der Waals surface area contributed by atoms with E-state index in [4.69, 9.17) is 21.7 Å². The molecule has 1 amide bonds. The molecule has 1 saturated heterocycles. The van der Waals surface area contributed by atoms with Crippen molar-refractivity contribution >= 4 is 51.1 Å². The fourth-order valence-electron chi connectivity index (χ4n) is 3.70. The van der Waals surface area contributed by atoms with Crippen LogP contribution in [0, 0.1) is 0 Å². The summed E-state index contributed by atoms with van der Waals surface area (Å²) in [6.07, 6.45) is 2.67. The number of rotatable bonds is 8. The zero-order chi connectivity index (χ0) is 22.5. The van der Waals surface area contributed by atoms with Crippen molar-refractivity contribution in [3.63, 3.8) is 0 Å². The SMILES string of the molecule is CCOc1ccc2ccc(OCC)c(C=C3SC(=S)N(CCc4ccccc4)C3=O)c2c1. The molecule has 4 nitrogen and oxygen atoms in total. The molecular formula is C26H25NO3S2. The second-order valence-electron chi connectivity index (χ2n) is 7.30. The predicted octanol–water partition coefficient (Wildman–Crippen LogP) is 6.08. The molecule has 32 heavy (non-hydrogen) atoms. The molecule has 0 N–H and O–H groups in total. The number of nitrogens with zero attached hydrogens (tertiary/aromatic N) is 1. The Hall–Kier alpha value is -2.83. The van der Waals surface area contributed by atoms with E-state index in [-0.39, 0.29) is 5.91 Å². The van der Waals surface area contributed by atoms with Gasteiger partial charge in [0.1, 0.15) is 15.8 Å². The lowest BCUT2D eigenvalue weighted by atomic mass is 10.0. The van der Waals surface area contributed by atoms with Gasteiger partial charge in [0.05, 0.1) is 18.1 Å². The zero-order valence-corrected chi connectivity index (χ0v) is 19.8. The third kappa shape index (κ3) is 4.81. The second kappa shape index (κ2) is 10.2. The highest BCUT2D eigenvalue weighted by molar-refractivity contribution is 8.26. The topological polar surface area (TPSA) is 38.8 Å². The molecule has 1 heterocycles. The lowest BCUT2D eigenvalue weighted by Gasteiger charge is -2.14. The highest BCUT2D eigenvalue weighted by Crippen LogP contribution is 2.38. The van der Waals surface area contributed by atoms with Crippen LogP contribution >= 0.6 is 24.0 Å². The average Bonchev–Trinajstić information content (AvgIpc) is 3.07. The highest BCUT2D eigenvalue weighted by atomic mass is 32.2. The van der Waals surface area contributed by atoms with Gasteiger partial charge in [-0.3, -0.25) is 9.69 Å². The fraction of sp³-hybridized carbons (Fsp3) is 0.231. The number of thioether (sulfide) groups is 1. The van der Waals surface area contributed by atoms with Crippen molar-refractivity contribution in [3.8, 4) is 11.5 Å². The molecule has 0 saturated carbocycles. The molecule has 164 valence electrons. The third-order valence-corrected chi connectivity index (χ3v) is 6.60. The number of ether oxygens (including phenoxy) is 2. The van der Waals surface area contributed by atoms with Gasteiger partial charge in [0, 0.05) is 12.1 Å². The molecule has 3 aromatic carbocycles. The van der Waals surface area contributed by atoms with E-state index >= 15 is 0 Å². The summed E-state index contributed by atoms with van der Waals surface area (Å²) in [5.41, 5.74) is 2.05. The molecule has 0 unspecified atom stereocenters. The normalized spacial score (nSPS) is 15.1. The Morgan fingerprint density at radius 1 is 1.00 bits per heavy atom. The lowest BCUT2D eigenvalue weighted by Crippen LogP contribution is -2.30. The summed E-state index contributed by atoms with van der Waals surface area (Å²) in [7, 11) is 0. The Morgan fingerprint density at radius 3 is 2.50 bits per heavy atom. The summed E-state index contributed by atoms with van der Waals surface area (Å²) in [5, 5.41) is 2.04.